The zero-order valence-corrected chi connectivity index (χ0v) is 8.85. The summed E-state index contributed by atoms with van der Waals surface area (Å²) in [7, 11) is 0. The van der Waals surface area contributed by atoms with Gasteiger partial charge in [-0.05, 0) is 11.1 Å². The number of allylic oxidation sites excluding steroid dienone is 5. The summed E-state index contributed by atoms with van der Waals surface area (Å²) < 4.78 is 0. The Morgan fingerprint density at radius 3 is 2.87 bits per heavy atom. The molecule has 15 heavy (non-hydrogen) atoms. The molecule has 74 valence electrons. The van der Waals surface area contributed by atoms with Gasteiger partial charge in [0.05, 0.1) is 0 Å². The zero-order valence-electron chi connectivity index (χ0n) is 8.85. The summed E-state index contributed by atoms with van der Waals surface area (Å²) >= 11 is 0. The topological polar surface area (TPSA) is 0 Å². The maximum absolute atomic E-state index is 2.32. The minimum absolute atomic E-state index is 0.153. The van der Waals surface area contributed by atoms with Crippen molar-refractivity contribution in [3.05, 3.63) is 65.8 Å². The molecule has 3 rings (SSSR count). The first-order chi connectivity index (χ1) is 7.31. The van der Waals surface area contributed by atoms with E-state index in [1.165, 1.54) is 11.1 Å². The Kier molecular flexibility index (Phi) is 1.72. The third-order valence-corrected chi connectivity index (χ3v) is 3.59. The monoisotopic (exact) mass is 194 g/mol. The molecule has 2 unspecified atom stereocenters. The zero-order chi connectivity index (χ0) is 10.3. The second-order valence-corrected chi connectivity index (χ2v) is 4.50. The van der Waals surface area contributed by atoms with Crippen molar-refractivity contribution in [2.24, 2.45) is 5.92 Å². The first-order valence-electron chi connectivity index (χ1n) is 5.44. The molecule has 0 aliphatic heterocycles. The summed E-state index contributed by atoms with van der Waals surface area (Å²) in [5.74, 6) is 0.511. The molecule has 2 aliphatic rings. The molecule has 1 aromatic carbocycles. The number of fused-ring (bicyclic) bond motifs is 3. The highest BCUT2D eigenvalue weighted by Gasteiger charge is 2.35. The van der Waals surface area contributed by atoms with Crippen molar-refractivity contribution in [3.63, 3.8) is 0 Å². The Labute approximate surface area is 90.6 Å². The van der Waals surface area contributed by atoms with E-state index in [-0.39, 0.29) is 5.41 Å². The van der Waals surface area contributed by atoms with Crippen LogP contribution in [-0.2, 0) is 5.41 Å². The predicted octanol–water partition coefficient (Wildman–Crippen LogP) is 3.71. The molecule has 0 bridgehead atoms. The highest BCUT2D eigenvalue weighted by Crippen LogP contribution is 2.42. The maximum Gasteiger partial charge on any atom is 0.0210 e. The largest absolute Gasteiger partial charge is 0.0764 e. The summed E-state index contributed by atoms with van der Waals surface area (Å²) in [6.45, 7) is 2.32. The molecule has 0 saturated carbocycles. The van der Waals surface area contributed by atoms with Gasteiger partial charge in [0, 0.05) is 11.3 Å². The summed E-state index contributed by atoms with van der Waals surface area (Å²) in [4.78, 5) is 0. The Bertz CT molecular complexity index is 477. The van der Waals surface area contributed by atoms with Crippen LogP contribution in [0.25, 0.3) is 6.08 Å². The van der Waals surface area contributed by atoms with Crippen LogP contribution < -0.4 is 0 Å². The Hall–Kier alpha value is -1.56. The van der Waals surface area contributed by atoms with Crippen molar-refractivity contribution in [3.8, 4) is 0 Å². The fourth-order valence-corrected chi connectivity index (χ4v) is 2.62. The van der Waals surface area contributed by atoms with E-state index in [9.17, 15) is 0 Å². The second-order valence-electron chi connectivity index (χ2n) is 4.50. The number of benzene rings is 1. The van der Waals surface area contributed by atoms with Crippen LogP contribution >= 0.6 is 0 Å². The second kappa shape index (κ2) is 2.96. The fraction of sp³-hybridized carbons (Fsp3) is 0.200. The lowest BCUT2D eigenvalue weighted by atomic mass is 9.66. The van der Waals surface area contributed by atoms with Crippen LogP contribution in [0.2, 0.25) is 0 Å². The van der Waals surface area contributed by atoms with Crippen LogP contribution in [0.3, 0.4) is 0 Å². The van der Waals surface area contributed by atoms with Gasteiger partial charge in [-0.15, -0.1) is 0 Å². The summed E-state index contributed by atoms with van der Waals surface area (Å²) in [6, 6.07) is 8.68. The van der Waals surface area contributed by atoms with Crippen LogP contribution in [0, 0.1) is 5.92 Å². The molecular weight excluding hydrogens is 180 g/mol. The van der Waals surface area contributed by atoms with Gasteiger partial charge in [-0.25, -0.2) is 0 Å². The van der Waals surface area contributed by atoms with Gasteiger partial charge in [0.15, 0.2) is 0 Å². The van der Waals surface area contributed by atoms with Crippen molar-refractivity contribution in [2.45, 2.75) is 12.3 Å². The van der Waals surface area contributed by atoms with Crippen LogP contribution in [-0.4, -0.2) is 0 Å². The van der Waals surface area contributed by atoms with E-state index >= 15 is 0 Å². The molecule has 2 aliphatic carbocycles. The maximum atomic E-state index is 2.32. The van der Waals surface area contributed by atoms with Gasteiger partial charge < -0.3 is 0 Å². The van der Waals surface area contributed by atoms with E-state index in [1.54, 1.807) is 0 Å². The minimum Gasteiger partial charge on any atom is -0.0764 e. The van der Waals surface area contributed by atoms with Crippen LogP contribution in [0.1, 0.15) is 18.1 Å². The molecule has 0 heteroatoms. The van der Waals surface area contributed by atoms with Gasteiger partial charge in [0.1, 0.15) is 0 Å². The molecule has 0 nitrogen and oxygen atoms in total. The van der Waals surface area contributed by atoms with Gasteiger partial charge in [0.2, 0.25) is 0 Å². The lowest BCUT2D eigenvalue weighted by Gasteiger charge is -2.38. The van der Waals surface area contributed by atoms with E-state index in [2.05, 4.69) is 67.6 Å². The lowest BCUT2D eigenvalue weighted by Crippen LogP contribution is -2.31. The summed E-state index contributed by atoms with van der Waals surface area (Å²) in [5.41, 5.74) is 2.95. The molecule has 0 spiro atoms. The Balaban J connectivity index is 2.24. The molecule has 0 radical (unpaired) electrons. The number of rotatable bonds is 0. The van der Waals surface area contributed by atoms with Crippen molar-refractivity contribution in [1.82, 2.24) is 0 Å². The first-order valence-corrected chi connectivity index (χ1v) is 5.44. The molecule has 2 atom stereocenters. The van der Waals surface area contributed by atoms with Crippen molar-refractivity contribution >= 4 is 6.08 Å². The third kappa shape index (κ3) is 1.14. The van der Waals surface area contributed by atoms with Crippen LogP contribution in [0.4, 0.5) is 0 Å². The molecule has 1 aromatic rings. The van der Waals surface area contributed by atoms with Crippen LogP contribution in [0.5, 0.6) is 0 Å². The normalized spacial score (nSPS) is 31.1. The molecule has 0 amide bonds. The molecule has 0 saturated heterocycles. The molecule has 0 fully saturated rings. The molecule has 0 heterocycles. The third-order valence-electron chi connectivity index (χ3n) is 3.59. The van der Waals surface area contributed by atoms with E-state index < -0.39 is 0 Å². The highest BCUT2D eigenvalue weighted by atomic mass is 14.4. The summed E-state index contributed by atoms with van der Waals surface area (Å²) in [5, 5.41) is 0. The molecule has 0 aromatic heterocycles. The van der Waals surface area contributed by atoms with Gasteiger partial charge >= 0.3 is 0 Å². The standard InChI is InChI=1S/C15H14/c1-15-11-5-4-7-13(15)10-9-12-6-2-3-8-14(12)15/h2-11,13H,1H3. The van der Waals surface area contributed by atoms with E-state index in [0.717, 1.165) is 0 Å². The quantitative estimate of drug-likeness (QED) is 0.590. The minimum atomic E-state index is 0.153. The van der Waals surface area contributed by atoms with Gasteiger partial charge in [-0.2, -0.15) is 0 Å². The average molecular weight is 194 g/mol. The van der Waals surface area contributed by atoms with Crippen LogP contribution in [0.15, 0.2) is 54.6 Å². The summed E-state index contributed by atoms with van der Waals surface area (Å²) in [6.07, 6.45) is 13.5. The smallest absolute Gasteiger partial charge is 0.0210 e. The van der Waals surface area contributed by atoms with E-state index in [1.807, 2.05) is 0 Å². The lowest BCUT2D eigenvalue weighted by molar-refractivity contribution is 0.493. The molecular formula is C15H14. The number of hydrogen-bond acceptors (Lipinski definition) is 0. The number of hydrogen-bond donors (Lipinski definition) is 0. The predicted molar refractivity (Wildman–Crippen MR) is 64.6 cm³/mol. The average Bonchev–Trinajstić information content (AvgIpc) is 2.29. The molecule has 0 N–H and O–H groups in total. The van der Waals surface area contributed by atoms with E-state index in [0.29, 0.717) is 5.92 Å². The van der Waals surface area contributed by atoms with Crippen molar-refractivity contribution in [1.29, 1.82) is 0 Å². The SMILES string of the molecule is CC12C=CC=CC1C=Cc1ccccc12. The van der Waals surface area contributed by atoms with Gasteiger partial charge in [0.25, 0.3) is 0 Å². The van der Waals surface area contributed by atoms with Crippen molar-refractivity contribution in [2.75, 3.05) is 0 Å². The van der Waals surface area contributed by atoms with Gasteiger partial charge in [-0.3, -0.25) is 0 Å². The Morgan fingerprint density at radius 1 is 1.07 bits per heavy atom. The van der Waals surface area contributed by atoms with E-state index in [4.69, 9.17) is 0 Å². The fourth-order valence-electron chi connectivity index (χ4n) is 2.62. The first kappa shape index (κ1) is 8.72. The Morgan fingerprint density at radius 2 is 1.93 bits per heavy atom. The van der Waals surface area contributed by atoms with Crippen molar-refractivity contribution < 1.29 is 0 Å². The highest BCUT2D eigenvalue weighted by molar-refractivity contribution is 5.62. The van der Waals surface area contributed by atoms with Gasteiger partial charge in [-0.1, -0.05) is 67.6 Å².